The summed E-state index contributed by atoms with van der Waals surface area (Å²) in [5, 5.41) is 0.569. The summed E-state index contributed by atoms with van der Waals surface area (Å²) in [4.78, 5) is 13.7. The molecule has 0 radical (unpaired) electrons. The Kier molecular flexibility index (Phi) is 4.06. The molecule has 0 spiro atoms. The maximum absolute atomic E-state index is 11.3. The quantitative estimate of drug-likeness (QED) is 0.743. The molecule has 1 heterocycles. The monoisotopic (exact) mass is 251 g/mol. The zero-order valence-corrected chi connectivity index (χ0v) is 11.0. The number of rotatable bonds is 2. The molecule has 1 aromatic carbocycles. The molecule has 92 valence electrons. The molecule has 0 atom stereocenters. The fraction of sp³-hybridized carbons (Fsp3) is 0.500. The fourth-order valence-corrected chi connectivity index (χ4v) is 2.62. The molecular weight excluding hydrogens is 234 g/mol. The van der Waals surface area contributed by atoms with E-state index in [0.29, 0.717) is 10.6 Å². The number of carbonyl (C=O) groups excluding carboxylic acids is 1. The average Bonchev–Trinajstić information content (AvgIpc) is 2.56. The van der Waals surface area contributed by atoms with E-state index >= 15 is 0 Å². The van der Waals surface area contributed by atoms with Gasteiger partial charge in [0.1, 0.15) is 0 Å². The van der Waals surface area contributed by atoms with E-state index in [2.05, 4.69) is 4.90 Å². The normalized spacial score (nSPS) is 16.7. The molecule has 2 nitrogen and oxygen atoms in total. The Balaban J connectivity index is 2.21. The van der Waals surface area contributed by atoms with Crippen molar-refractivity contribution in [2.45, 2.75) is 32.6 Å². The molecule has 2 rings (SSSR count). The van der Waals surface area contributed by atoms with Crippen LogP contribution in [0, 0.1) is 0 Å². The molecule has 0 aliphatic carbocycles. The Hall–Kier alpha value is -1.02. The van der Waals surface area contributed by atoms with Crippen LogP contribution in [0.4, 0.5) is 5.69 Å². The summed E-state index contributed by atoms with van der Waals surface area (Å²) in [6.45, 7) is 3.73. The predicted octanol–water partition coefficient (Wildman–Crippen LogP) is 3.92. The van der Waals surface area contributed by atoms with Crippen molar-refractivity contribution in [1.82, 2.24) is 0 Å². The van der Waals surface area contributed by atoms with Crippen molar-refractivity contribution < 1.29 is 4.79 Å². The number of nitrogens with zero attached hydrogens (tertiary/aromatic N) is 1. The van der Waals surface area contributed by atoms with Gasteiger partial charge in [0.25, 0.3) is 0 Å². The van der Waals surface area contributed by atoms with Gasteiger partial charge in [-0.05, 0) is 38.0 Å². The number of ketones is 1. The number of hydrogen-bond donors (Lipinski definition) is 0. The lowest BCUT2D eigenvalue weighted by Gasteiger charge is -2.23. The van der Waals surface area contributed by atoms with E-state index in [0.717, 1.165) is 18.8 Å². The number of Topliss-reactive ketones (excluding diaryl/α,β-unsaturated/α-hetero) is 1. The van der Waals surface area contributed by atoms with Gasteiger partial charge >= 0.3 is 0 Å². The molecule has 0 amide bonds. The topological polar surface area (TPSA) is 20.3 Å². The van der Waals surface area contributed by atoms with Gasteiger partial charge < -0.3 is 4.90 Å². The minimum Gasteiger partial charge on any atom is -0.371 e. The van der Waals surface area contributed by atoms with E-state index in [9.17, 15) is 4.79 Å². The first-order valence-electron chi connectivity index (χ1n) is 6.24. The highest BCUT2D eigenvalue weighted by Gasteiger charge is 2.12. The number of carbonyl (C=O) groups is 1. The van der Waals surface area contributed by atoms with Gasteiger partial charge in [0, 0.05) is 24.3 Å². The van der Waals surface area contributed by atoms with Crippen molar-refractivity contribution in [1.29, 1.82) is 0 Å². The zero-order valence-electron chi connectivity index (χ0n) is 10.2. The number of halogens is 1. The summed E-state index contributed by atoms with van der Waals surface area (Å²) >= 11 is 6.14. The highest BCUT2D eigenvalue weighted by Crippen LogP contribution is 2.26. The highest BCUT2D eigenvalue weighted by molar-refractivity contribution is 6.34. The average molecular weight is 252 g/mol. The Morgan fingerprint density at radius 2 is 1.82 bits per heavy atom. The summed E-state index contributed by atoms with van der Waals surface area (Å²) in [6, 6.07) is 5.77. The van der Waals surface area contributed by atoms with Crippen molar-refractivity contribution in [3.8, 4) is 0 Å². The van der Waals surface area contributed by atoms with Crippen LogP contribution < -0.4 is 4.90 Å². The van der Waals surface area contributed by atoms with Crippen LogP contribution in [0.3, 0.4) is 0 Å². The summed E-state index contributed by atoms with van der Waals surface area (Å²) in [5.41, 5.74) is 1.76. The SMILES string of the molecule is CC(=O)c1ccc(N2CCCCCC2)cc1Cl. The second-order valence-corrected chi connectivity index (χ2v) is 5.03. The van der Waals surface area contributed by atoms with Crippen molar-refractivity contribution in [3.05, 3.63) is 28.8 Å². The van der Waals surface area contributed by atoms with Crippen LogP contribution in [0.2, 0.25) is 5.02 Å². The second-order valence-electron chi connectivity index (χ2n) is 4.62. The minimum absolute atomic E-state index is 0.0254. The van der Waals surface area contributed by atoms with Gasteiger partial charge in [0.15, 0.2) is 5.78 Å². The molecular formula is C14H18ClNO. The van der Waals surface area contributed by atoms with Gasteiger partial charge in [-0.15, -0.1) is 0 Å². The van der Waals surface area contributed by atoms with E-state index in [1.54, 1.807) is 6.92 Å². The summed E-state index contributed by atoms with van der Waals surface area (Å²) in [7, 11) is 0. The first-order valence-corrected chi connectivity index (χ1v) is 6.62. The van der Waals surface area contributed by atoms with Gasteiger partial charge in [-0.2, -0.15) is 0 Å². The molecule has 0 aromatic heterocycles. The third-order valence-electron chi connectivity index (χ3n) is 3.30. The molecule has 1 saturated heterocycles. The summed E-state index contributed by atoms with van der Waals surface area (Å²) in [5.74, 6) is 0.0254. The Morgan fingerprint density at radius 3 is 2.35 bits per heavy atom. The maximum atomic E-state index is 11.3. The first-order chi connectivity index (χ1) is 8.18. The molecule has 17 heavy (non-hydrogen) atoms. The number of anilines is 1. The molecule has 0 saturated carbocycles. The van der Waals surface area contributed by atoms with Gasteiger partial charge in [-0.25, -0.2) is 0 Å². The lowest BCUT2D eigenvalue weighted by Crippen LogP contribution is -2.23. The molecule has 1 aromatic rings. The van der Waals surface area contributed by atoms with Crippen LogP contribution >= 0.6 is 11.6 Å². The predicted molar refractivity (Wildman–Crippen MR) is 72.1 cm³/mol. The Labute approximate surface area is 108 Å². The lowest BCUT2D eigenvalue weighted by molar-refractivity contribution is 0.101. The third-order valence-corrected chi connectivity index (χ3v) is 3.62. The van der Waals surface area contributed by atoms with Crippen LogP contribution in [-0.2, 0) is 0 Å². The van der Waals surface area contributed by atoms with Crippen LogP contribution in [0.15, 0.2) is 18.2 Å². The zero-order chi connectivity index (χ0) is 12.3. The van der Waals surface area contributed by atoms with E-state index in [4.69, 9.17) is 11.6 Å². The largest absolute Gasteiger partial charge is 0.371 e. The fourth-order valence-electron chi connectivity index (χ4n) is 2.32. The van der Waals surface area contributed by atoms with E-state index in [1.807, 2.05) is 18.2 Å². The van der Waals surface area contributed by atoms with Crippen molar-refractivity contribution in [2.75, 3.05) is 18.0 Å². The second kappa shape index (κ2) is 5.54. The maximum Gasteiger partial charge on any atom is 0.161 e. The molecule has 0 unspecified atom stereocenters. The van der Waals surface area contributed by atoms with Crippen LogP contribution in [0.5, 0.6) is 0 Å². The summed E-state index contributed by atoms with van der Waals surface area (Å²) in [6.07, 6.45) is 5.11. The Morgan fingerprint density at radius 1 is 1.18 bits per heavy atom. The third kappa shape index (κ3) is 3.01. The van der Waals surface area contributed by atoms with E-state index < -0.39 is 0 Å². The summed E-state index contributed by atoms with van der Waals surface area (Å²) < 4.78 is 0. The number of hydrogen-bond acceptors (Lipinski definition) is 2. The number of benzene rings is 1. The first kappa shape index (κ1) is 12.4. The van der Waals surface area contributed by atoms with E-state index in [-0.39, 0.29) is 5.78 Å². The van der Waals surface area contributed by atoms with E-state index in [1.165, 1.54) is 25.7 Å². The molecule has 1 fully saturated rings. The lowest BCUT2D eigenvalue weighted by atomic mass is 10.1. The molecule has 0 bridgehead atoms. The molecule has 1 aliphatic heterocycles. The van der Waals surface area contributed by atoms with Gasteiger partial charge in [0.2, 0.25) is 0 Å². The van der Waals surface area contributed by atoms with Crippen molar-refractivity contribution in [2.24, 2.45) is 0 Å². The van der Waals surface area contributed by atoms with Gasteiger partial charge in [-0.1, -0.05) is 24.4 Å². The van der Waals surface area contributed by atoms with Crippen LogP contribution in [-0.4, -0.2) is 18.9 Å². The van der Waals surface area contributed by atoms with Crippen LogP contribution in [0.25, 0.3) is 0 Å². The Bertz CT molecular complexity index is 409. The molecule has 0 N–H and O–H groups in total. The smallest absolute Gasteiger partial charge is 0.161 e. The standard InChI is InChI=1S/C14H18ClNO/c1-11(17)13-7-6-12(10-14(13)15)16-8-4-2-3-5-9-16/h6-7,10H,2-5,8-9H2,1H3. The van der Waals surface area contributed by atoms with Crippen LogP contribution in [0.1, 0.15) is 43.0 Å². The van der Waals surface area contributed by atoms with Gasteiger partial charge in [0.05, 0.1) is 5.02 Å². The van der Waals surface area contributed by atoms with Crippen molar-refractivity contribution in [3.63, 3.8) is 0 Å². The minimum atomic E-state index is 0.0254. The molecule has 1 aliphatic rings. The highest BCUT2D eigenvalue weighted by atomic mass is 35.5. The van der Waals surface area contributed by atoms with Crippen molar-refractivity contribution >= 4 is 23.1 Å². The molecule has 3 heteroatoms. The van der Waals surface area contributed by atoms with Gasteiger partial charge in [-0.3, -0.25) is 4.79 Å².